The highest BCUT2D eigenvalue weighted by atomic mass is 32.1. The molecule has 1 heterocycles. The molecule has 0 saturated carbocycles. The third-order valence-electron chi connectivity index (χ3n) is 4.83. The number of amides is 2. The predicted molar refractivity (Wildman–Crippen MR) is 97.7 cm³/mol. The van der Waals surface area contributed by atoms with Crippen molar-refractivity contribution in [2.75, 3.05) is 6.54 Å². The van der Waals surface area contributed by atoms with Crippen LogP contribution in [0.4, 0.5) is 4.79 Å². The van der Waals surface area contributed by atoms with Crippen LogP contribution < -0.4 is 10.6 Å². The van der Waals surface area contributed by atoms with Crippen LogP contribution in [0, 0.1) is 5.92 Å². The molecule has 3 atom stereocenters. The summed E-state index contributed by atoms with van der Waals surface area (Å²) in [5, 5.41) is 19.8. The van der Waals surface area contributed by atoms with E-state index in [-0.39, 0.29) is 12.1 Å². The summed E-state index contributed by atoms with van der Waals surface area (Å²) < 4.78 is 0. The van der Waals surface area contributed by atoms with Crippen molar-refractivity contribution in [2.45, 2.75) is 38.6 Å². The van der Waals surface area contributed by atoms with Crippen molar-refractivity contribution in [1.82, 2.24) is 10.6 Å². The van der Waals surface area contributed by atoms with Crippen LogP contribution >= 0.6 is 11.3 Å². The number of aromatic hydroxyl groups is 1. The van der Waals surface area contributed by atoms with Crippen LogP contribution in [0.25, 0.3) is 0 Å². The third-order valence-corrected chi connectivity index (χ3v) is 5.57. The summed E-state index contributed by atoms with van der Waals surface area (Å²) >= 11 is 1.68. The molecular weight excluding hydrogens is 320 g/mol. The summed E-state index contributed by atoms with van der Waals surface area (Å²) in [5.74, 6) is 1.03. The molecule has 1 aromatic carbocycles. The first-order valence-electron chi connectivity index (χ1n) is 8.40. The Bertz CT molecular complexity index is 699. The topological polar surface area (TPSA) is 61.4 Å². The number of rotatable bonds is 5. The lowest BCUT2D eigenvalue weighted by Gasteiger charge is -2.19. The highest BCUT2D eigenvalue weighted by Gasteiger charge is 2.29. The van der Waals surface area contributed by atoms with Gasteiger partial charge in [-0.3, -0.25) is 0 Å². The number of fused-ring (bicyclic) bond motifs is 1. The second-order valence-electron chi connectivity index (χ2n) is 6.73. The second kappa shape index (κ2) is 7.26. The van der Waals surface area contributed by atoms with Crippen LogP contribution in [0.15, 0.2) is 35.0 Å². The molecule has 1 aliphatic carbocycles. The smallest absolute Gasteiger partial charge is 0.315 e. The normalized spacial score (nSPS) is 20.4. The molecule has 5 heteroatoms. The van der Waals surface area contributed by atoms with Crippen molar-refractivity contribution < 1.29 is 9.90 Å². The standard InChI is InChI=1S/C19H24N2O2S/c1-12(7-14-5-6-24-11-14)21-19(23)20-10-16-8-15-3-4-17(22)9-18(15)13(16)2/h3-6,9,11-13,16,22H,7-8,10H2,1-2H3,(H2,20,21,23)/t12?,13-,16?/m0/s1. The van der Waals surface area contributed by atoms with E-state index in [2.05, 4.69) is 34.4 Å². The lowest BCUT2D eigenvalue weighted by atomic mass is 9.94. The number of phenols is 1. The monoisotopic (exact) mass is 344 g/mol. The Morgan fingerprint density at radius 3 is 3.00 bits per heavy atom. The van der Waals surface area contributed by atoms with Crippen molar-refractivity contribution in [3.63, 3.8) is 0 Å². The maximum atomic E-state index is 12.1. The van der Waals surface area contributed by atoms with Gasteiger partial charge in [-0.15, -0.1) is 0 Å². The van der Waals surface area contributed by atoms with Gasteiger partial charge in [-0.05, 0) is 77.3 Å². The van der Waals surface area contributed by atoms with E-state index < -0.39 is 0 Å². The van der Waals surface area contributed by atoms with Gasteiger partial charge in [-0.2, -0.15) is 11.3 Å². The van der Waals surface area contributed by atoms with E-state index in [4.69, 9.17) is 0 Å². The van der Waals surface area contributed by atoms with Crippen LogP contribution in [0.5, 0.6) is 5.75 Å². The van der Waals surface area contributed by atoms with Crippen molar-refractivity contribution in [2.24, 2.45) is 5.92 Å². The summed E-state index contributed by atoms with van der Waals surface area (Å²) in [6.45, 7) is 4.83. The molecule has 2 unspecified atom stereocenters. The second-order valence-corrected chi connectivity index (χ2v) is 7.51. The number of hydrogen-bond donors (Lipinski definition) is 3. The van der Waals surface area contributed by atoms with E-state index in [1.54, 1.807) is 17.4 Å². The first-order chi connectivity index (χ1) is 11.5. The van der Waals surface area contributed by atoms with Gasteiger partial charge >= 0.3 is 6.03 Å². The molecule has 0 aliphatic heterocycles. The van der Waals surface area contributed by atoms with Gasteiger partial charge in [0.2, 0.25) is 0 Å². The average molecular weight is 344 g/mol. The molecule has 2 amide bonds. The molecular formula is C19H24N2O2S. The molecule has 24 heavy (non-hydrogen) atoms. The fourth-order valence-electron chi connectivity index (χ4n) is 3.47. The molecule has 0 spiro atoms. The van der Waals surface area contributed by atoms with E-state index in [1.165, 1.54) is 16.7 Å². The van der Waals surface area contributed by atoms with Crippen molar-refractivity contribution in [1.29, 1.82) is 0 Å². The fourth-order valence-corrected chi connectivity index (χ4v) is 4.15. The van der Waals surface area contributed by atoms with Gasteiger partial charge in [-0.25, -0.2) is 4.79 Å². The van der Waals surface area contributed by atoms with Crippen molar-refractivity contribution >= 4 is 17.4 Å². The Kier molecular flexibility index (Phi) is 5.09. The summed E-state index contributed by atoms with van der Waals surface area (Å²) in [4.78, 5) is 12.1. The first kappa shape index (κ1) is 16.8. The van der Waals surface area contributed by atoms with Gasteiger partial charge in [0.15, 0.2) is 0 Å². The minimum absolute atomic E-state index is 0.106. The highest BCUT2D eigenvalue weighted by molar-refractivity contribution is 7.07. The Morgan fingerprint density at radius 1 is 1.42 bits per heavy atom. The zero-order valence-corrected chi connectivity index (χ0v) is 14.9. The van der Waals surface area contributed by atoms with Crippen LogP contribution in [0.3, 0.4) is 0 Å². The van der Waals surface area contributed by atoms with E-state index in [0.717, 1.165) is 12.8 Å². The summed E-state index contributed by atoms with van der Waals surface area (Å²) in [6.07, 6.45) is 1.79. The number of urea groups is 1. The molecule has 3 N–H and O–H groups in total. The number of thiophene rings is 1. The Hall–Kier alpha value is -2.01. The number of carbonyl (C=O) groups is 1. The maximum absolute atomic E-state index is 12.1. The fraction of sp³-hybridized carbons (Fsp3) is 0.421. The molecule has 1 aliphatic rings. The third kappa shape index (κ3) is 3.90. The molecule has 0 radical (unpaired) electrons. The van der Waals surface area contributed by atoms with Gasteiger partial charge in [0, 0.05) is 12.6 Å². The van der Waals surface area contributed by atoms with Crippen LogP contribution in [-0.2, 0) is 12.8 Å². The minimum atomic E-state index is -0.108. The van der Waals surface area contributed by atoms with Crippen LogP contribution in [0.1, 0.15) is 36.5 Å². The molecule has 1 aromatic heterocycles. The highest BCUT2D eigenvalue weighted by Crippen LogP contribution is 2.38. The van der Waals surface area contributed by atoms with Crippen molar-refractivity contribution in [3.05, 3.63) is 51.7 Å². The van der Waals surface area contributed by atoms with Gasteiger partial charge in [-0.1, -0.05) is 13.0 Å². The number of hydrogen-bond acceptors (Lipinski definition) is 3. The largest absolute Gasteiger partial charge is 0.508 e. The molecule has 3 rings (SSSR count). The molecule has 2 aromatic rings. The number of phenolic OH excluding ortho intramolecular Hbond substituents is 1. The van der Waals surface area contributed by atoms with E-state index in [1.807, 2.05) is 19.1 Å². The van der Waals surface area contributed by atoms with Crippen LogP contribution in [0.2, 0.25) is 0 Å². The predicted octanol–water partition coefficient (Wildman–Crippen LogP) is 3.66. The lowest BCUT2D eigenvalue weighted by Crippen LogP contribution is -2.43. The zero-order chi connectivity index (χ0) is 17.1. The SMILES string of the molecule is CC(Cc1ccsc1)NC(=O)NCC1Cc2ccc(O)cc2[C@H]1C. The van der Waals surface area contributed by atoms with Gasteiger partial charge in [0.25, 0.3) is 0 Å². The maximum Gasteiger partial charge on any atom is 0.315 e. The van der Waals surface area contributed by atoms with E-state index in [9.17, 15) is 9.90 Å². The number of benzene rings is 1. The first-order valence-corrected chi connectivity index (χ1v) is 9.34. The Balaban J connectivity index is 1.47. The quantitative estimate of drug-likeness (QED) is 0.775. The lowest BCUT2D eigenvalue weighted by molar-refractivity contribution is 0.235. The molecule has 0 fully saturated rings. The summed E-state index contributed by atoms with van der Waals surface area (Å²) in [6, 6.07) is 7.67. The molecule has 0 saturated heterocycles. The summed E-state index contributed by atoms with van der Waals surface area (Å²) in [5.41, 5.74) is 3.74. The van der Waals surface area contributed by atoms with Crippen LogP contribution in [-0.4, -0.2) is 23.7 Å². The van der Waals surface area contributed by atoms with E-state index in [0.29, 0.717) is 24.1 Å². The minimum Gasteiger partial charge on any atom is -0.508 e. The van der Waals surface area contributed by atoms with Gasteiger partial charge < -0.3 is 15.7 Å². The molecule has 4 nitrogen and oxygen atoms in total. The van der Waals surface area contributed by atoms with E-state index >= 15 is 0 Å². The average Bonchev–Trinajstić information content (AvgIpc) is 3.14. The van der Waals surface area contributed by atoms with Crippen molar-refractivity contribution in [3.8, 4) is 5.75 Å². The molecule has 128 valence electrons. The Morgan fingerprint density at radius 2 is 2.25 bits per heavy atom. The van der Waals surface area contributed by atoms with Gasteiger partial charge in [0.1, 0.15) is 5.75 Å². The summed E-state index contributed by atoms with van der Waals surface area (Å²) in [7, 11) is 0. The zero-order valence-electron chi connectivity index (χ0n) is 14.1. The van der Waals surface area contributed by atoms with Gasteiger partial charge in [0.05, 0.1) is 0 Å². The molecule has 0 bridgehead atoms. The number of carbonyl (C=O) groups excluding carboxylic acids is 1. The Labute approximate surface area is 146 Å². The number of nitrogens with one attached hydrogen (secondary N) is 2.